The van der Waals surface area contributed by atoms with E-state index in [4.69, 9.17) is 65.8 Å². The van der Waals surface area contributed by atoms with Crippen molar-refractivity contribution in [2.45, 2.75) is 267 Å². The van der Waals surface area contributed by atoms with E-state index in [1.54, 1.807) is 0 Å². The van der Waals surface area contributed by atoms with Gasteiger partial charge < -0.3 is 117 Å². The molecular weight excluding hydrogens is 1230 g/mol. The van der Waals surface area contributed by atoms with Crippen molar-refractivity contribution in [3.8, 4) is 0 Å². The summed E-state index contributed by atoms with van der Waals surface area (Å²) in [6.07, 6.45) is -32.2. The van der Waals surface area contributed by atoms with Gasteiger partial charge in [-0.25, -0.2) is 8.42 Å². The molecule has 3 saturated carbocycles. The fourth-order valence-electron chi connectivity index (χ4n) is 17.4. The van der Waals surface area contributed by atoms with Crippen LogP contribution in [-0.4, -0.2) is 263 Å². The van der Waals surface area contributed by atoms with E-state index in [0.717, 1.165) is 12.0 Å². The van der Waals surface area contributed by atoms with Crippen molar-refractivity contribution in [3.05, 3.63) is 11.6 Å². The third-order valence-electron chi connectivity index (χ3n) is 21.9. The van der Waals surface area contributed by atoms with Crippen LogP contribution < -0.4 is 29.6 Å². The van der Waals surface area contributed by atoms with E-state index in [9.17, 15) is 73.6 Å². The van der Waals surface area contributed by atoms with Gasteiger partial charge in [0.25, 0.3) is 0 Å². The third kappa shape index (κ3) is 13.1. The minimum Gasteiger partial charge on any atom is -0.726 e. The van der Waals surface area contributed by atoms with Gasteiger partial charge in [-0.3, -0.25) is 13.8 Å². The number of rotatable bonds is 18. The number of hydrogen-bond donors (Lipinski definition) is 10. The smallest absolute Gasteiger partial charge is 0.726 e. The molecule has 510 valence electrons. The minimum atomic E-state index is -5.51. The number of hydrogen-bond acceptors (Lipinski definition) is 29. The molecular formula is C59H93NaO29S. The van der Waals surface area contributed by atoms with Crippen LogP contribution in [0.2, 0.25) is 0 Å². The summed E-state index contributed by atoms with van der Waals surface area (Å²) in [5.41, 5.74) is -2.40. The minimum absolute atomic E-state index is 0. The average Bonchev–Trinajstić information content (AvgIpc) is 1.46. The van der Waals surface area contributed by atoms with Gasteiger partial charge in [-0.15, -0.1) is 0 Å². The molecule has 10 N–H and O–H groups in total. The van der Waals surface area contributed by atoms with Gasteiger partial charge in [-0.1, -0.05) is 53.2 Å². The molecule has 6 saturated heterocycles. The molecule has 29 nitrogen and oxygen atoms in total. The van der Waals surface area contributed by atoms with Crippen molar-refractivity contribution in [2.24, 2.45) is 45.3 Å². The first-order chi connectivity index (χ1) is 41.7. The largest absolute Gasteiger partial charge is 1.00 e. The van der Waals surface area contributed by atoms with Crippen molar-refractivity contribution >= 4 is 22.3 Å². The second kappa shape index (κ2) is 27.6. The summed E-state index contributed by atoms with van der Waals surface area (Å²) in [6.45, 7) is 15.0. The molecule has 10 aliphatic rings. The van der Waals surface area contributed by atoms with Gasteiger partial charge in [0.15, 0.2) is 31.5 Å². The van der Waals surface area contributed by atoms with Crippen LogP contribution in [0.15, 0.2) is 11.6 Å². The number of aliphatic hydroxyl groups excluding tert-OH is 10. The van der Waals surface area contributed by atoms with Crippen molar-refractivity contribution < 1.29 is 169 Å². The van der Waals surface area contributed by atoms with Crippen LogP contribution in [0.4, 0.5) is 0 Å². The molecule has 90 heavy (non-hydrogen) atoms. The first-order valence-electron chi connectivity index (χ1n) is 31.1. The van der Waals surface area contributed by atoms with Crippen molar-refractivity contribution in [1.29, 1.82) is 0 Å². The zero-order valence-corrected chi connectivity index (χ0v) is 55.7. The molecule has 4 unspecified atom stereocenters. The number of fused-ring (bicyclic) bond motifs is 4. The van der Waals surface area contributed by atoms with Crippen LogP contribution in [0, 0.1) is 45.3 Å². The first-order valence-corrected chi connectivity index (χ1v) is 32.4. The van der Waals surface area contributed by atoms with E-state index in [1.165, 1.54) is 21.0 Å². The van der Waals surface area contributed by atoms with Gasteiger partial charge in [0.1, 0.15) is 109 Å². The van der Waals surface area contributed by atoms with Crippen molar-refractivity contribution in [3.63, 3.8) is 0 Å². The van der Waals surface area contributed by atoms with E-state index >= 15 is 0 Å². The molecule has 6 aliphatic heterocycles. The standard InChI is InChI=1S/C59H94O29S.Na/c1-24(2)13-17-58(9)48-31(80-26(4)61)19-57(8)28-11-12-34-55(5,6)35(15-16-56(34,7)27(28)14-18-59(48,57)54(71)87-58)82-52-46(38(66)33(23-78-52)88-89(72,73)74)86-53-47(85-49-39(67)36(64)29(62)21-76-49)40(68)43(25(3)79-53)83-50-41(69)44(30(63)22-77-50)84-51-42(70)45(75-10)37(65)32(20-60)81-51;/h11,24-25,27,29-53,60,62-70H,12-23H2,1-10H3,(H,72,73,74);/q;+1/p-1/t25-,27?,29-,30-,31+,32-,33-,34?,35+,36+,37-,38+,39-,40+,41-,42-,43-,44+,45+,46-,47-,48?,49+,50+,51+,52+,53+,56-,57+,58+,59?;/m1./s1. The van der Waals surface area contributed by atoms with Crippen LogP contribution in [-0.2, 0) is 85.8 Å². The SMILES string of the molecule is CO[C@@H]1[C@@H](O)[C@H](O[C@@H]2[C@@H](O)[C@H](O[C@H]3[C@H](O)[C@@H](O[C@@H]4OC[C@@H](O)[C@H](O)[C@H]4O)[C@H](O[C@H]4[C@H](O[C@H]5CC[C@]6(C)C7CCC89C(=O)O[C@@](C)(CCC(C)C)C8[C@@H](OC(C)=O)C[C@@]9(C)C7=CCC6C5(C)C)OC[C@@H](OS(=O)(=O)[O-])[C@@H]4O)O[C@@H]3C)OC[C@H]2O)O[C@H](CO)[C@H]1O.[Na+]. The Morgan fingerprint density at radius 3 is 1.97 bits per heavy atom. The zero-order chi connectivity index (χ0) is 65.0. The molecule has 9 fully saturated rings. The molecule has 1 spiro atoms. The number of esters is 2. The fourth-order valence-corrected chi connectivity index (χ4v) is 17.9. The monoisotopic (exact) mass is 1320 g/mol. The summed E-state index contributed by atoms with van der Waals surface area (Å²) in [6, 6.07) is 0. The van der Waals surface area contributed by atoms with Crippen LogP contribution in [0.3, 0.4) is 0 Å². The Morgan fingerprint density at radius 2 is 1.32 bits per heavy atom. The zero-order valence-electron chi connectivity index (χ0n) is 52.9. The maximum absolute atomic E-state index is 14.7. The number of allylic oxidation sites excluding steroid dienone is 2. The summed E-state index contributed by atoms with van der Waals surface area (Å²) in [4.78, 5) is 27.5. The Morgan fingerprint density at radius 1 is 0.711 bits per heavy atom. The summed E-state index contributed by atoms with van der Waals surface area (Å²) < 4.78 is 120. The molecule has 6 heterocycles. The number of aliphatic hydroxyl groups is 10. The predicted octanol–water partition coefficient (Wildman–Crippen LogP) is -4.57. The molecule has 0 aromatic heterocycles. The van der Waals surface area contributed by atoms with E-state index in [0.29, 0.717) is 50.9 Å². The first kappa shape index (κ1) is 73.0. The number of carbonyl (C=O) groups excluding carboxylic acids is 2. The Bertz CT molecular complexity index is 2660. The molecule has 0 bridgehead atoms. The van der Waals surface area contributed by atoms with Gasteiger partial charge in [-0.2, -0.15) is 0 Å². The molecule has 0 aromatic carbocycles. The Hall–Kier alpha value is -1.29. The van der Waals surface area contributed by atoms with E-state index in [2.05, 4.69) is 47.6 Å². The molecule has 31 heteroatoms. The quantitative estimate of drug-likeness (QED) is 0.0203. The Kier molecular flexibility index (Phi) is 22.3. The van der Waals surface area contributed by atoms with Gasteiger partial charge >= 0.3 is 41.5 Å². The van der Waals surface area contributed by atoms with Crippen molar-refractivity contribution in [2.75, 3.05) is 33.5 Å². The molecule has 0 aromatic rings. The number of methoxy groups -OCH3 is 1. The molecule has 10 rings (SSSR count). The van der Waals surface area contributed by atoms with E-state index in [-0.39, 0.29) is 58.7 Å². The summed E-state index contributed by atoms with van der Waals surface area (Å²) in [7, 11) is -4.32. The van der Waals surface area contributed by atoms with Crippen molar-refractivity contribution in [1.82, 2.24) is 0 Å². The van der Waals surface area contributed by atoms with E-state index in [1.807, 2.05) is 6.92 Å². The summed E-state index contributed by atoms with van der Waals surface area (Å²) in [5, 5.41) is 111. The third-order valence-corrected chi connectivity index (χ3v) is 22.4. The topological polar surface area (TPSA) is 423 Å². The fraction of sp³-hybridized carbons (Fsp3) is 0.932. The number of cyclic esters (lactones) is 1. The predicted molar refractivity (Wildman–Crippen MR) is 296 cm³/mol. The normalized spacial score (nSPS) is 50.1. The van der Waals surface area contributed by atoms with Crippen LogP contribution in [0.25, 0.3) is 0 Å². The number of carbonyl (C=O) groups is 2. The van der Waals surface area contributed by atoms with Gasteiger partial charge in [-0.05, 0) is 93.8 Å². The van der Waals surface area contributed by atoms with Crippen LogP contribution >= 0.6 is 0 Å². The van der Waals surface area contributed by atoms with Gasteiger partial charge in [0.05, 0.1) is 50.0 Å². The summed E-state index contributed by atoms with van der Waals surface area (Å²) >= 11 is 0. The summed E-state index contributed by atoms with van der Waals surface area (Å²) in [5.74, 6) is -0.761. The second-order valence-electron chi connectivity index (χ2n) is 28.1. The second-order valence-corrected chi connectivity index (χ2v) is 29.1. The molecule has 4 aliphatic carbocycles. The molecule has 0 amide bonds. The van der Waals surface area contributed by atoms with Gasteiger partial charge in [0.2, 0.25) is 10.4 Å². The maximum atomic E-state index is 14.7. The van der Waals surface area contributed by atoms with E-state index < -0.39 is 212 Å². The molecule has 31 atom stereocenters. The molecule has 0 radical (unpaired) electrons. The maximum Gasteiger partial charge on any atom is 1.00 e. The number of ether oxygens (including phenoxy) is 13. The van der Waals surface area contributed by atoms with Crippen LogP contribution in [0.1, 0.15) is 114 Å². The Labute approximate surface area is 545 Å². The average molecular weight is 1320 g/mol. The van der Waals surface area contributed by atoms with Gasteiger partial charge in [0, 0.05) is 19.4 Å². The Balaban J connectivity index is 0.00000960. The van der Waals surface area contributed by atoms with Crippen LogP contribution in [0.5, 0.6) is 0 Å².